The lowest BCUT2D eigenvalue weighted by Crippen LogP contribution is -2.47. The Balaban J connectivity index is 1.61. The number of aliphatic hydroxyl groups is 1. The average molecular weight is 627 g/mol. The van der Waals surface area contributed by atoms with Gasteiger partial charge in [0.1, 0.15) is 18.2 Å². The predicted octanol–water partition coefficient (Wildman–Crippen LogP) is 5.01. The summed E-state index contributed by atoms with van der Waals surface area (Å²) in [5.41, 5.74) is 0.444. The van der Waals surface area contributed by atoms with Crippen molar-refractivity contribution in [3.63, 3.8) is 0 Å². The molecular weight excluding hydrogens is 598 g/mol. The molecule has 15 heteroatoms. The molecule has 230 valence electrons. The van der Waals surface area contributed by atoms with E-state index in [1.54, 1.807) is 42.5 Å². The van der Waals surface area contributed by atoms with Gasteiger partial charge in [-0.1, -0.05) is 62.7 Å². The number of guanidine groups is 1. The number of amides is 2. The zero-order chi connectivity index (χ0) is 31.8. The van der Waals surface area contributed by atoms with Crippen molar-refractivity contribution in [3.8, 4) is 16.8 Å². The number of hydrogen-bond acceptors (Lipinski definition) is 6. The highest BCUT2D eigenvalue weighted by atomic mass is 35.5. The smallest absolute Gasteiger partial charge is 0.434 e. The zero-order valence-corrected chi connectivity index (χ0v) is 24.7. The van der Waals surface area contributed by atoms with Crippen LogP contribution in [0.1, 0.15) is 50.9 Å². The zero-order valence-electron chi connectivity index (χ0n) is 23.9. The summed E-state index contributed by atoms with van der Waals surface area (Å²) in [5, 5.41) is 31.5. The number of carboxylic acid groups (broad SMARTS) is 1. The van der Waals surface area contributed by atoms with Gasteiger partial charge in [-0.2, -0.15) is 19.0 Å². The third kappa shape index (κ3) is 5.90. The highest BCUT2D eigenvalue weighted by Crippen LogP contribution is 2.43. The van der Waals surface area contributed by atoms with Gasteiger partial charge in [0.05, 0.1) is 29.6 Å². The number of halogens is 3. The maximum atomic E-state index is 14.6. The van der Waals surface area contributed by atoms with Crippen molar-refractivity contribution in [1.29, 1.82) is 0 Å². The Kier molecular flexibility index (Phi) is 8.23. The van der Waals surface area contributed by atoms with Crippen molar-refractivity contribution in [3.05, 3.63) is 83.7 Å². The Bertz CT molecular complexity index is 1700. The van der Waals surface area contributed by atoms with Gasteiger partial charge in [-0.15, -0.1) is 4.99 Å². The first-order valence-corrected chi connectivity index (χ1v) is 13.8. The van der Waals surface area contributed by atoms with Crippen LogP contribution in [-0.2, 0) is 10.3 Å². The van der Waals surface area contributed by atoms with Gasteiger partial charge in [-0.05, 0) is 40.7 Å². The van der Waals surface area contributed by atoms with Crippen molar-refractivity contribution in [2.75, 3.05) is 6.61 Å². The molecule has 12 nitrogen and oxygen atoms in total. The first kappa shape index (κ1) is 30.8. The summed E-state index contributed by atoms with van der Waals surface area (Å²) < 4.78 is 28.1. The fourth-order valence-electron chi connectivity index (χ4n) is 5.40. The largest absolute Gasteiger partial charge is 0.463 e. The van der Waals surface area contributed by atoms with Gasteiger partial charge in [0.15, 0.2) is 0 Å². The molecule has 1 aliphatic rings. The molecule has 5 rings (SSSR count). The molecule has 1 aliphatic heterocycles. The number of carbonyl (C=O) groups excluding carboxylic acids is 1. The maximum Gasteiger partial charge on any atom is 0.434 e. The molecular formula is C29H29ClF2N8O4. The molecule has 4 aromatic rings. The van der Waals surface area contributed by atoms with Crippen molar-refractivity contribution >= 4 is 29.6 Å². The molecule has 2 aromatic carbocycles. The van der Waals surface area contributed by atoms with Gasteiger partial charge in [0, 0.05) is 11.8 Å². The van der Waals surface area contributed by atoms with E-state index in [0.717, 1.165) is 4.90 Å². The van der Waals surface area contributed by atoms with E-state index in [9.17, 15) is 28.6 Å². The van der Waals surface area contributed by atoms with Crippen molar-refractivity contribution < 1.29 is 28.6 Å². The van der Waals surface area contributed by atoms with Crippen LogP contribution in [0.5, 0.6) is 0 Å². The number of benzene rings is 2. The summed E-state index contributed by atoms with van der Waals surface area (Å²) in [6, 6.07) is 10.5. The molecule has 2 aromatic heterocycles. The quantitative estimate of drug-likeness (QED) is 0.247. The van der Waals surface area contributed by atoms with Crippen LogP contribution in [-0.4, -0.2) is 64.2 Å². The molecule has 0 bridgehead atoms. The van der Waals surface area contributed by atoms with E-state index in [0.29, 0.717) is 37.6 Å². The van der Waals surface area contributed by atoms with E-state index in [-0.39, 0.29) is 12.4 Å². The molecule has 0 radical (unpaired) electrons. The second-order valence-electron chi connectivity index (χ2n) is 11.5. The molecule has 0 spiro atoms. The summed E-state index contributed by atoms with van der Waals surface area (Å²) in [6.45, 7) is 2.43. The lowest BCUT2D eigenvalue weighted by molar-refractivity contribution is -0.134. The number of nitrogens with zero attached hydrogens (tertiary/aromatic N) is 7. The van der Waals surface area contributed by atoms with Crippen LogP contribution in [0, 0.1) is 5.41 Å². The van der Waals surface area contributed by atoms with Gasteiger partial charge in [-0.3, -0.25) is 9.69 Å². The van der Waals surface area contributed by atoms with Crippen molar-refractivity contribution in [2.24, 2.45) is 10.4 Å². The fraction of sp³-hybridized carbons (Fsp3) is 0.310. The van der Waals surface area contributed by atoms with E-state index >= 15 is 0 Å². The number of aliphatic imine (C=N–C) groups is 1. The summed E-state index contributed by atoms with van der Waals surface area (Å²) in [5.74, 6) is -0.799. The van der Waals surface area contributed by atoms with E-state index in [4.69, 9.17) is 11.6 Å². The average Bonchev–Trinajstić information content (AvgIpc) is 3.72. The Morgan fingerprint density at radius 3 is 2.43 bits per heavy atom. The Labute approximate surface area is 255 Å². The first-order valence-electron chi connectivity index (χ1n) is 13.4. The third-order valence-corrected chi connectivity index (χ3v) is 7.47. The van der Waals surface area contributed by atoms with Gasteiger partial charge in [0.25, 0.3) is 5.91 Å². The normalized spacial score (nSPS) is 18.7. The topological polar surface area (TPSA) is 151 Å². The van der Waals surface area contributed by atoms with Crippen LogP contribution in [0.3, 0.4) is 0 Å². The molecule has 1 saturated heterocycles. The SMILES string of the molecule is CC(C)(C)CC1(c2ccc(-c3cnn(C(F)F)c3)cc2)NC(=NC(=O)O)N([C@H](CO)c2ccc(Cl)c(-n3cncn3)c2)C1=O. The molecule has 0 aliphatic carbocycles. The molecule has 3 N–H and O–H groups in total. The minimum absolute atomic E-state index is 0.208. The number of alkyl halides is 2. The van der Waals surface area contributed by atoms with E-state index in [2.05, 4.69) is 25.5 Å². The Hall–Kier alpha value is -4.69. The maximum absolute atomic E-state index is 14.6. The van der Waals surface area contributed by atoms with Crippen LogP contribution in [0.15, 0.2) is 72.5 Å². The number of carbonyl (C=O) groups is 2. The van der Waals surface area contributed by atoms with Crippen LogP contribution < -0.4 is 5.32 Å². The monoisotopic (exact) mass is 626 g/mol. The Morgan fingerprint density at radius 1 is 1.14 bits per heavy atom. The van der Waals surface area contributed by atoms with Gasteiger partial charge in [-0.25, -0.2) is 19.1 Å². The van der Waals surface area contributed by atoms with Crippen molar-refractivity contribution in [1.82, 2.24) is 34.8 Å². The molecule has 2 atom stereocenters. The third-order valence-electron chi connectivity index (χ3n) is 7.15. The van der Waals surface area contributed by atoms with Crippen LogP contribution in [0.25, 0.3) is 16.8 Å². The van der Waals surface area contributed by atoms with E-state index in [1.165, 1.54) is 29.7 Å². The van der Waals surface area contributed by atoms with Crippen molar-refractivity contribution in [2.45, 2.75) is 45.3 Å². The lowest BCUT2D eigenvalue weighted by atomic mass is 9.75. The number of nitrogens with one attached hydrogen (secondary N) is 1. The van der Waals surface area contributed by atoms with Crippen LogP contribution in [0.4, 0.5) is 13.6 Å². The molecule has 1 unspecified atom stereocenters. The highest BCUT2D eigenvalue weighted by molar-refractivity contribution is 6.32. The summed E-state index contributed by atoms with van der Waals surface area (Å²) >= 11 is 6.41. The lowest BCUT2D eigenvalue weighted by Gasteiger charge is -2.35. The number of rotatable bonds is 8. The minimum atomic E-state index is -2.79. The standard InChI is InChI=1S/C29H29ClF2N8O4/c1-28(2,3)14-29(20-7-4-17(5-8-20)19-11-34-38(12-19)25(31)32)24(42)40(26(37-29)36-27(43)44)23(13-41)18-6-9-21(30)22(10-18)39-16-33-15-35-39/h4-12,15-16,23,25,41H,13-14H2,1-3H3,(H,36,37)(H,43,44)/t23-,29?/m1/s1. The highest BCUT2D eigenvalue weighted by Gasteiger charge is 2.55. The Morgan fingerprint density at radius 2 is 1.86 bits per heavy atom. The van der Waals surface area contributed by atoms with E-state index < -0.39 is 42.2 Å². The fourth-order valence-corrected chi connectivity index (χ4v) is 5.61. The van der Waals surface area contributed by atoms with Crippen LogP contribution in [0.2, 0.25) is 5.02 Å². The second kappa shape index (κ2) is 11.8. The summed E-state index contributed by atoms with van der Waals surface area (Å²) in [7, 11) is 0. The van der Waals surface area contributed by atoms with Gasteiger partial charge in [0.2, 0.25) is 5.96 Å². The molecule has 2 amide bonds. The first-order chi connectivity index (χ1) is 20.8. The minimum Gasteiger partial charge on any atom is -0.463 e. The number of aromatic nitrogens is 5. The molecule has 3 heterocycles. The van der Waals surface area contributed by atoms with E-state index in [1.807, 2.05) is 20.8 Å². The second-order valence-corrected chi connectivity index (χ2v) is 11.9. The van der Waals surface area contributed by atoms with Crippen LogP contribution >= 0.6 is 11.6 Å². The molecule has 1 fully saturated rings. The van der Waals surface area contributed by atoms with Gasteiger partial charge < -0.3 is 15.5 Å². The molecule has 44 heavy (non-hydrogen) atoms. The molecule has 0 saturated carbocycles. The van der Waals surface area contributed by atoms with Gasteiger partial charge >= 0.3 is 12.6 Å². The number of aliphatic hydroxyl groups excluding tert-OH is 1. The number of hydrogen-bond donors (Lipinski definition) is 3. The summed E-state index contributed by atoms with van der Waals surface area (Å²) in [6.07, 6.45) is 3.97. The predicted molar refractivity (Wildman–Crippen MR) is 156 cm³/mol. The summed E-state index contributed by atoms with van der Waals surface area (Å²) in [4.78, 5) is 35.3.